The molecule has 0 N–H and O–H groups in total. The molecule has 0 aromatic carbocycles. The van der Waals surface area contributed by atoms with Crippen molar-refractivity contribution in [1.82, 2.24) is 5.17 Å². The second-order valence-electron chi connectivity index (χ2n) is 1.12. The molecule has 0 bridgehead atoms. The fraction of sp³-hybridized carbons (Fsp3) is 1.00. The van der Waals surface area contributed by atoms with Crippen LogP contribution in [0.3, 0.4) is 0 Å². The number of hydrogen-bond donors (Lipinski definition) is 0. The zero-order chi connectivity index (χ0) is 5.11. The van der Waals surface area contributed by atoms with E-state index in [1.165, 1.54) is 5.17 Å². The Morgan fingerprint density at radius 3 is 2.86 bits per heavy atom. The second kappa shape index (κ2) is 2.03. The van der Waals surface area contributed by atoms with E-state index in [-0.39, 0.29) is 0 Å². The first kappa shape index (κ1) is 4.73. The highest BCUT2D eigenvalue weighted by Crippen LogP contribution is 1.96. The monoisotopic (exact) mass is 114 g/mol. The van der Waals surface area contributed by atoms with Crippen LogP contribution in [-0.4, -0.2) is 28.7 Å². The van der Waals surface area contributed by atoms with Gasteiger partial charge >= 0.3 is 0 Å². The van der Waals surface area contributed by atoms with Gasteiger partial charge in [0.15, 0.2) is 0 Å². The number of hydrogen-bond acceptors (Lipinski definition) is 4. The Morgan fingerprint density at radius 1 is 1.71 bits per heavy atom. The SMILES string of the molecule is [Si]ON1CCN=N1. The summed E-state index contributed by atoms with van der Waals surface area (Å²) in [5, 5.41) is 8.53. The van der Waals surface area contributed by atoms with Gasteiger partial charge in [-0.25, -0.2) is 0 Å². The summed E-state index contributed by atoms with van der Waals surface area (Å²) in [4.78, 5) is 0. The Morgan fingerprint density at radius 2 is 2.57 bits per heavy atom. The van der Waals surface area contributed by atoms with Crippen LogP contribution in [0.4, 0.5) is 0 Å². The normalized spacial score (nSPS) is 18.7. The van der Waals surface area contributed by atoms with Crippen LogP contribution in [-0.2, 0) is 4.53 Å². The molecule has 0 aromatic rings. The molecule has 37 valence electrons. The maximum absolute atomic E-state index is 4.49. The second-order valence-corrected chi connectivity index (χ2v) is 1.30. The van der Waals surface area contributed by atoms with E-state index in [1.807, 2.05) is 0 Å². The lowest BCUT2D eigenvalue weighted by Crippen LogP contribution is -2.13. The molecule has 3 radical (unpaired) electrons. The minimum Gasteiger partial charge on any atom is -0.305 e. The lowest BCUT2D eigenvalue weighted by Gasteiger charge is -2.04. The molecule has 1 rings (SSSR count). The van der Waals surface area contributed by atoms with Gasteiger partial charge in [-0.2, -0.15) is 10.3 Å². The van der Waals surface area contributed by atoms with Crippen LogP contribution < -0.4 is 0 Å². The van der Waals surface area contributed by atoms with Crippen LogP contribution in [0, 0.1) is 0 Å². The summed E-state index contributed by atoms with van der Waals surface area (Å²) >= 11 is 0. The van der Waals surface area contributed by atoms with Crippen molar-refractivity contribution in [3.8, 4) is 0 Å². The molecule has 0 spiro atoms. The molecule has 1 aliphatic rings. The number of rotatable bonds is 1. The quantitative estimate of drug-likeness (QED) is 0.438. The van der Waals surface area contributed by atoms with Gasteiger partial charge < -0.3 is 4.53 Å². The first-order chi connectivity index (χ1) is 3.43. The van der Waals surface area contributed by atoms with Gasteiger partial charge in [0.2, 0.25) is 0 Å². The first-order valence-corrected chi connectivity index (χ1v) is 2.33. The third kappa shape index (κ3) is 0.970. The van der Waals surface area contributed by atoms with Gasteiger partial charge in [-0.15, -0.1) is 0 Å². The van der Waals surface area contributed by atoms with Crippen LogP contribution in [0.2, 0.25) is 0 Å². The maximum Gasteiger partial charge on any atom is 0.293 e. The average Bonchev–Trinajstić information content (AvgIpc) is 2.14. The van der Waals surface area contributed by atoms with Crippen molar-refractivity contribution in [3.05, 3.63) is 0 Å². The fourth-order valence-corrected chi connectivity index (χ4v) is 0.482. The highest BCUT2D eigenvalue weighted by atomic mass is 28.2. The standard InChI is InChI=1S/C2H4N3OSi/c7-6-5-2-1-3-4-5/h1-2H2. The number of nitrogens with zero attached hydrogens (tertiary/aromatic N) is 3. The molecule has 1 heterocycles. The molecule has 0 atom stereocenters. The molecule has 0 aliphatic carbocycles. The van der Waals surface area contributed by atoms with Crippen LogP contribution in [0.25, 0.3) is 0 Å². The molecule has 1 aliphatic heterocycles. The lowest BCUT2D eigenvalue weighted by molar-refractivity contribution is -0.0381. The molecule has 0 unspecified atom stereocenters. The van der Waals surface area contributed by atoms with Gasteiger partial charge in [-0.3, -0.25) is 0 Å². The zero-order valence-electron chi connectivity index (χ0n) is 3.66. The van der Waals surface area contributed by atoms with Crippen molar-refractivity contribution in [2.24, 2.45) is 10.3 Å². The minimum atomic E-state index is 0.727. The molecule has 7 heavy (non-hydrogen) atoms. The fourth-order valence-electron chi connectivity index (χ4n) is 0.354. The van der Waals surface area contributed by atoms with Gasteiger partial charge in [0, 0.05) is 0 Å². The van der Waals surface area contributed by atoms with Crippen molar-refractivity contribution >= 4 is 10.5 Å². The van der Waals surface area contributed by atoms with Crippen molar-refractivity contribution in [2.75, 3.05) is 13.1 Å². The summed E-state index contributed by atoms with van der Waals surface area (Å²) in [5.41, 5.74) is 0. The summed E-state index contributed by atoms with van der Waals surface area (Å²) in [5.74, 6) is 0. The molecule has 4 nitrogen and oxygen atoms in total. The number of hydroxylamine groups is 1. The summed E-state index contributed by atoms with van der Waals surface area (Å²) in [6.07, 6.45) is 0. The van der Waals surface area contributed by atoms with E-state index in [4.69, 9.17) is 0 Å². The molecule has 0 saturated heterocycles. The van der Waals surface area contributed by atoms with Gasteiger partial charge in [-0.1, -0.05) is 5.22 Å². The largest absolute Gasteiger partial charge is 0.305 e. The minimum absolute atomic E-state index is 0.727. The Bertz CT molecular complexity index is 85.0. The highest BCUT2D eigenvalue weighted by molar-refractivity contribution is 5.97. The Balaban J connectivity index is 2.28. The molecule has 0 fully saturated rings. The van der Waals surface area contributed by atoms with Crippen LogP contribution in [0.5, 0.6) is 0 Å². The Labute approximate surface area is 44.6 Å². The van der Waals surface area contributed by atoms with E-state index >= 15 is 0 Å². The molecular formula is C2H4N3OSi. The zero-order valence-corrected chi connectivity index (χ0v) is 4.66. The highest BCUT2D eigenvalue weighted by Gasteiger charge is 2.02. The molecule has 0 aromatic heterocycles. The van der Waals surface area contributed by atoms with Crippen molar-refractivity contribution < 1.29 is 4.53 Å². The lowest BCUT2D eigenvalue weighted by atomic mass is 10.7. The van der Waals surface area contributed by atoms with E-state index in [0.717, 1.165) is 13.1 Å². The van der Waals surface area contributed by atoms with Crippen molar-refractivity contribution in [2.45, 2.75) is 0 Å². The van der Waals surface area contributed by atoms with Gasteiger partial charge in [-0.05, 0) is 0 Å². The molecular weight excluding hydrogens is 110 g/mol. The Kier molecular flexibility index (Phi) is 1.37. The van der Waals surface area contributed by atoms with Crippen LogP contribution in [0.15, 0.2) is 10.3 Å². The van der Waals surface area contributed by atoms with Crippen molar-refractivity contribution in [3.63, 3.8) is 0 Å². The summed E-state index contributed by atoms with van der Waals surface area (Å²) in [7, 11) is 2.79. The summed E-state index contributed by atoms with van der Waals surface area (Å²) in [6.45, 7) is 1.47. The smallest absolute Gasteiger partial charge is 0.293 e. The van der Waals surface area contributed by atoms with Crippen LogP contribution in [0.1, 0.15) is 0 Å². The summed E-state index contributed by atoms with van der Waals surface area (Å²) < 4.78 is 4.49. The van der Waals surface area contributed by atoms with E-state index < -0.39 is 0 Å². The van der Waals surface area contributed by atoms with E-state index in [9.17, 15) is 0 Å². The van der Waals surface area contributed by atoms with Gasteiger partial charge in [0.05, 0.1) is 13.1 Å². The summed E-state index contributed by atoms with van der Waals surface area (Å²) in [6, 6.07) is 0. The predicted octanol–water partition coefficient (Wildman–Crippen LogP) is -0.316. The van der Waals surface area contributed by atoms with Crippen molar-refractivity contribution in [1.29, 1.82) is 0 Å². The molecule has 0 amide bonds. The van der Waals surface area contributed by atoms with E-state index in [2.05, 4.69) is 25.4 Å². The van der Waals surface area contributed by atoms with Crippen LogP contribution >= 0.6 is 0 Å². The molecule has 0 saturated carbocycles. The third-order valence-electron chi connectivity index (χ3n) is 0.660. The topological polar surface area (TPSA) is 37.2 Å². The van der Waals surface area contributed by atoms with Gasteiger partial charge in [0.1, 0.15) is 0 Å². The average molecular weight is 114 g/mol. The first-order valence-electron chi connectivity index (χ1n) is 1.92. The van der Waals surface area contributed by atoms with Gasteiger partial charge in [0.25, 0.3) is 10.5 Å². The third-order valence-corrected chi connectivity index (χ3v) is 0.870. The van der Waals surface area contributed by atoms with E-state index in [1.54, 1.807) is 0 Å². The van der Waals surface area contributed by atoms with E-state index in [0.29, 0.717) is 0 Å². The predicted molar refractivity (Wildman–Crippen MR) is 23.3 cm³/mol. The Hall–Kier alpha value is -0.423. The molecule has 5 heteroatoms. The maximum atomic E-state index is 4.49.